The van der Waals surface area contributed by atoms with Crippen LogP contribution in [0.5, 0.6) is 0 Å². The van der Waals surface area contributed by atoms with E-state index in [4.69, 9.17) is 11.6 Å². The first kappa shape index (κ1) is 11.7. The van der Waals surface area contributed by atoms with Gasteiger partial charge in [-0.25, -0.2) is 0 Å². The molecule has 1 aliphatic heterocycles. The van der Waals surface area contributed by atoms with Crippen LogP contribution < -0.4 is 4.90 Å². The van der Waals surface area contributed by atoms with Crippen LogP contribution in [0.2, 0.25) is 0 Å². The second-order valence-corrected chi connectivity index (χ2v) is 5.09. The number of anilines is 1. The third-order valence-corrected chi connectivity index (χ3v) is 3.75. The molecule has 0 spiro atoms. The molecular weight excluding hydrogens is 220 g/mol. The van der Waals surface area contributed by atoms with Gasteiger partial charge in [0.2, 0.25) is 0 Å². The van der Waals surface area contributed by atoms with Crippen LogP contribution in [0.15, 0.2) is 18.5 Å². The number of hydrogen-bond acceptors (Lipinski definition) is 2. The van der Waals surface area contributed by atoms with Gasteiger partial charge < -0.3 is 4.90 Å². The van der Waals surface area contributed by atoms with Gasteiger partial charge >= 0.3 is 0 Å². The summed E-state index contributed by atoms with van der Waals surface area (Å²) in [7, 11) is 0. The molecule has 0 bridgehead atoms. The first-order valence-electron chi connectivity index (χ1n) is 5.98. The highest BCUT2D eigenvalue weighted by Crippen LogP contribution is 2.29. The number of nitrogens with zero attached hydrogens (tertiary/aromatic N) is 2. The fraction of sp³-hybridized carbons (Fsp3) is 0.615. The van der Waals surface area contributed by atoms with Gasteiger partial charge in [0.15, 0.2) is 0 Å². The summed E-state index contributed by atoms with van der Waals surface area (Å²) >= 11 is 5.98. The Morgan fingerprint density at radius 1 is 1.44 bits per heavy atom. The molecule has 0 amide bonds. The largest absolute Gasteiger partial charge is 0.367 e. The summed E-state index contributed by atoms with van der Waals surface area (Å²) in [6.07, 6.45) is 6.36. The quantitative estimate of drug-likeness (QED) is 0.734. The summed E-state index contributed by atoms with van der Waals surface area (Å²) in [6.45, 7) is 5.73. The number of hydrogen-bond donors (Lipinski definition) is 0. The van der Waals surface area contributed by atoms with Crippen molar-refractivity contribution >= 4 is 17.3 Å². The van der Waals surface area contributed by atoms with Gasteiger partial charge in [-0.05, 0) is 37.3 Å². The Morgan fingerprint density at radius 2 is 2.25 bits per heavy atom. The zero-order valence-corrected chi connectivity index (χ0v) is 10.7. The molecule has 88 valence electrons. The van der Waals surface area contributed by atoms with E-state index in [1.165, 1.54) is 24.1 Å². The van der Waals surface area contributed by atoms with Gasteiger partial charge in [0, 0.05) is 24.7 Å². The lowest BCUT2D eigenvalue weighted by Crippen LogP contribution is -2.41. The monoisotopic (exact) mass is 238 g/mol. The molecular formula is C13H19ClN2. The minimum absolute atomic E-state index is 0.565. The number of rotatable bonds is 2. The lowest BCUT2D eigenvalue weighted by Gasteiger charge is -2.39. The standard InChI is InChI=1S/C13H19ClN2/c1-10-3-4-11(2)16(9-10)13-8-15-6-5-12(13)7-14/h5-6,8,10-11H,3-4,7,9H2,1-2H3. The summed E-state index contributed by atoms with van der Waals surface area (Å²) in [6, 6.07) is 2.62. The van der Waals surface area contributed by atoms with Crippen molar-refractivity contribution in [2.75, 3.05) is 11.4 Å². The lowest BCUT2D eigenvalue weighted by atomic mass is 9.94. The summed E-state index contributed by atoms with van der Waals surface area (Å²) in [5, 5.41) is 0. The van der Waals surface area contributed by atoms with E-state index in [1.54, 1.807) is 0 Å². The van der Waals surface area contributed by atoms with Gasteiger partial charge in [-0.2, -0.15) is 0 Å². The minimum Gasteiger partial charge on any atom is -0.367 e. The third kappa shape index (κ3) is 2.32. The summed E-state index contributed by atoms with van der Waals surface area (Å²) in [5.74, 6) is 1.33. The number of alkyl halides is 1. The van der Waals surface area contributed by atoms with Crippen LogP contribution in [0.1, 0.15) is 32.3 Å². The number of piperidine rings is 1. The Hall–Kier alpha value is -0.760. The van der Waals surface area contributed by atoms with Crippen molar-refractivity contribution < 1.29 is 0 Å². The van der Waals surface area contributed by atoms with Crippen molar-refractivity contribution in [3.05, 3.63) is 24.0 Å². The molecule has 2 unspecified atom stereocenters. The van der Waals surface area contributed by atoms with Crippen molar-refractivity contribution in [3.63, 3.8) is 0 Å². The van der Waals surface area contributed by atoms with Crippen LogP contribution in [0.4, 0.5) is 5.69 Å². The predicted molar refractivity (Wildman–Crippen MR) is 69.0 cm³/mol. The minimum atomic E-state index is 0.565. The van der Waals surface area contributed by atoms with E-state index >= 15 is 0 Å². The molecule has 0 radical (unpaired) electrons. The van der Waals surface area contributed by atoms with Gasteiger partial charge in [-0.15, -0.1) is 11.6 Å². The first-order valence-corrected chi connectivity index (χ1v) is 6.51. The number of aromatic nitrogens is 1. The average molecular weight is 239 g/mol. The van der Waals surface area contributed by atoms with Gasteiger partial charge in [0.05, 0.1) is 11.9 Å². The highest BCUT2D eigenvalue weighted by molar-refractivity contribution is 6.17. The fourth-order valence-electron chi connectivity index (χ4n) is 2.41. The molecule has 1 fully saturated rings. The molecule has 3 heteroatoms. The molecule has 0 saturated carbocycles. The van der Waals surface area contributed by atoms with E-state index in [0.29, 0.717) is 11.9 Å². The van der Waals surface area contributed by atoms with Crippen LogP contribution >= 0.6 is 11.6 Å². The van der Waals surface area contributed by atoms with Crippen LogP contribution in [0.25, 0.3) is 0 Å². The Bertz CT molecular complexity index is 354. The van der Waals surface area contributed by atoms with E-state index < -0.39 is 0 Å². The van der Waals surface area contributed by atoms with Crippen molar-refractivity contribution in [3.8, 4) is 0 Å². The normalized spacial score (nSPS) is 25.8. The molecule has 1 aliphatic rings. The highest BCUT2D eigenvalue weighted by Gasteiger charge is 2.24. The van der Waals surface area contributed by atoms with Gasteiger partial charge in [-0.3, -0.25) is 4.98 Å². The van der Waals surface area contributed by atoms with E-state index in [2.05, 4.69) is 23.7 Å². The Kier molecular flexibility index (Phi) is 3.70. The molecule has 1 aromatic heterocycles. The van der Waals surface area contributed by atoms with Gasteiger partial charge in [-0.1, -0.05) is 6.92 Å². The molecule has 1 aromatic rings. The molecule has 0 N–H and O–H groups in total. The van der Waals surface area contributed by atoms with E-state index in [1.807, 2.05) is 18.5 Å². The fourth-order valence-corrected chi connectivity index (χ4v) is 2.64. The zero-order chi connectivity index (χ0) is 11.5. The second kappa shape index (κ2) is 5.05. The summed E-state index contributed by atoms with van der Waals surface area (Å²) in [5.41, 5.74) is 2.41. The number of halogens is 1. The Balaban J connectivity index is 2.27. The Morgan fingerprint density at radius 3 is 3.00 bits per heavy atom. The van der Waals surface area contributed by atoms with Gasteiger partial charge in [0.25, 0.3) is 0 Å². The molecule has 16 heavy (non-hydrogen) atoms. The van der Waals surface area contributed by atoms with E-state index in [0.717, 1.165) is 12.5 Å². The smallest absolute Gasteiger partial charge is 0.0600 e. The topological polar surface area (TPSA) is 16.1 Å². The molecule has 0 aromatic carbocycles. The van der Waals surface area contributed by atoms with Crippen LogP contribution in [-0.2, 0) is 5.88 Å². The van der Waals surface area contributed by atoms with Crippen molar-refractivity contribution in [2.45, 2.75) is 38.6 Å². The molecule has 1 saturated heterocycles. The van der Waals surface area contributed by atoms with Crippen molar-refractivity contribution in [1.29, 1.82) is 0 Å². The summed E-state index contributed by atoms with van der Waals surface area (Å²) < 4.78 is 0. The van der Waals surface area contributed by atoms with Crippen LogP contribution in [0, 0.1) is 5.92 Å². The zero-order valence-electron chi connectivity index (χ0n) is 9.99. The highest BCUT2D eigenvalue weighted by atomic mass is 35.5. The molecule has 2 rings (SSSR count). The third-order valence-electron chi connectivity index (χ3n) is 3.46. The Labute approximate surface area is 103 Å². The van der Waals surface area contributed by atoms with E-state index in [-0.39, 0.29) is 0 Å². The maximum absolute atomic E-state index is 5.98. The molecule has 0 aliphatic carbocycles. The van der Waals surface area contributed by atoms with Gasteiger partial charge in [0.1, 0.15) is 0 Å². The maximum atomic E-state index is 5.98. The molecule has 2 atom stereocenters. The molecule has 2 nitrogen and oxygen atoms in total. The maximum Gasteiger partial charge on any atom is 0.0600 e. The van der Waals surface area contributed by atoms with E-state index in [9.17, 15) is 0 Å². The first-order chi connectivity index (χ1) is 7.72. The van der Waals surface area contributed by atoms with Crippen LogP contribution in [-0.4, -0.2) is 17.6 Å². The predicted octanol–water partition coefficient (Wildman–Crippen LogP) is 3.45. The van der Waals surface area contributed by atoms with Crippen molar-refractivity contribution in [2.24, 2.45) is 5.92 Å². The van der Waals surface area contributed by atoms with Crippen LogP contribution in [0.3, 0.4) is 0 Å². The lowest BCUT2D eigenvalue weighted by molar-refractivity contribution is 0.389. The number of pyridine rings is 1. The van der Waals surface area contributed by atoms with Crippen molar-refractivity contribution in [1.82, 2.24) is 4.98 Å². The summed E-state index contributed by atoms with van der Waals surface area (Å²) in [4.78, 5) is 6.68. The SMILES string of the molecule is CC1CCC(C)N(c2cnccc2CCl)C1. The second-order valence-electron chi connectivity index (χ2n) is 4.82. The average Bonchev–Trinajstić information content (AvgIpc) is 2.32. The molecule has 2 heterocycles.